The minimum absolute atomic E-state index is 0.0331. The Labute approximate surface area is 168 Å². The molecule has 0 radical (unpaired) electrons. The average molecular weight is 409 g/mol. The van der Waals surface area contributed by atoms with Gasteiger partial charge in [0.2, 0.25) is 5.91 Å². The Bertz CT molecular complexity index is 761. The molecule has 1 saturated carbocycles. The van der Waals surface area contributed by atoms with Gasteiger partial charge in [-0.3, -0.25) is 14.5 Å². The van der Waals surface area contributed by atoms with Crippen molar-refractivity contribution in [2.45, 2.75) is 57.2 Å². The van der Waals surface area contributed by atoms with Crippen LogP contribution in [0.25, 0.3) is 0 Å². The van der Waals surface area contributed by atoms with Crippen LogP contribution in [0.3, 0.4) is 0 Å². The van der Waals surface area contributed by atoms with E-state index in [1.54, 1.807) is 19.2 Å². The molecule has 0 atom stereocenters. The first-order chi connectivity index (χ1) is 13.8. The van der Waals surface area contributed by atoms with Crippen molar-refractivity contribution in [2.24, 2.45) is 0 Å². The van der Waals surface area contributed by atoms with Crippen LogP contribution in [0.5, 0.6) is 5.75 Å². The summed E-state index contributed by atoms with van der Waals surface area (Å²) in [6, 6.07) is 5.43. The standard InChI is InChI=1S/C20H25F2N3O4/c1-24(12-14-6-8-15(9-7-14)29-18(21)22)16(26)13-25-17(27)20(23-19(25)28)10-4-2-3-5-11-20/h6-9,18H,2-5,10-13H2,1H3,(H,23,28). The largest absolute Gasteiger partial charge is 0.435 e. The second-order valence-electron chi connectivity index (χ2n) is 7.59. The summed E-state index contributed by atoms with van der Waals surface area (Å²) in [5, 5.41) is 2.82. The van der Waals surface area contributed by atoms with E-state index in [1.807, 2.05) is 0 Å². The number of alkyl halides is 2. The highest BCUT2D eigenvalue weighted by Crippen LogP contribution is 2.32. The Hall–Kier alpha value is -2.71. The molecule has 1 saturated heterocycles. The summed E-state index contributed by atoms with van der Waals surface area (Å²) in [5.74, 6) is -0.669. The van der Waals surface area contributed by atoms with Crippen LogP contribution in [0.1, 0.15) is 44.1 Å². The number of nitrogens with one attached hydrogen (secondary N) is 1. The van der Waals surface area contributed by atoms with Gasteiger partial charge >= 0.3 is 12.6 Å². The molecule has 1 aromatic rings. The van der Waals surface area contributed by atoms with Crippen LogP contribution in [-0.4, -0.2) is 53.4 Å². The van der Waals surface area contributed by atoms with Gasteiger partial charge in [0.05, 0.1) is 0 Å². The van der Waals surface area contributed by atoms with E-state index in [4.69, 9.17) is 0 Å². The fourth-order valence-corrected chi connectivity index (χ4v) is 3.89. The molecular weight excluding hydrogens is 384 g/mol. The van der Waals surface area contributed by atoms with Gasteiger partial charge < -0.3 is 15.0 Å². The maximum atomic E-state index is 12.9. The second kappa shape index (κ2) is 8.75. The summed E-state index contributed by atoms with van der Waals surface area (Å²) in [4.78, 5) is 40.2. The summed E-state index contributed by atoms with van der Waals surface area (Å²) in [6.45, 7) is -3.01. The van der Waals surface area contributed by atoms with Crippen LogP contribution in [0.2, 0.25) is 0 Å². The molecular formula is C20H25F2N3O4. The van der Waals surface area contributed by atoms with Crippen molar-refractivity contribution < 1.29 is 27.9 Å². The molecule has 2 aliphatic rings. The van der Waals surface area contributed by atoms with E-state index in [2.05, 4.69) is 10.1 Å². The topological polar surface area (TPSA) is 79.0 Å². The van der Waals surface area contributed by atoms with Crippen LogP contribution >= 0.6 is 0 Å². The summed E-state index contributed by atoms with van der Waals surface area (Å²) in [7, 11) is 1.56. The molecule has 7 nitrogen and oxygen atoms in total. The Morgan fingerprint density at radius 1 is 1.17 bits per heavy atom. The Kier molecular flexibility index (Phi) is 6.34. The van der Waals surface area contributed by atoms with E-state index in [-0.39, 0.29) is 30.7 Å². The maximum Gasteiger partial charge on any atom is 0.387 e. The van der Waals surface area contributed by atoms with Crippen molar-refractivity contribution in [2.75, 3.05) is 13.6 Å². The van der Waals surface area contributed by atoms with E-state index in [9.17, 15) is 23.2 Å². The molecule has 1 aromatic carbocycles. The molecule has 0 bridgehead atoms. The zero-order chi connectivity index (χ0) is 21.0. The number of carbonyl (C=O) groups excluding carboxylic acids is 3. The van der Waals surface area contributed by atoms with E-state index < -0.39 is 18.2 Å². The quantitative estimate of drug-likeness (QED) is 0.733. The van der Waals surface area contributed by atoms with Crippen LogP contribution in [-0.2, 0) is 16.1 Å². The number of hydrogen-bond donors (Lipinski definition) is 1. The first-order valence-electron chi connectivity index (χ1n) is 9.72. The number of rotatable bonds is 6. The van der Waals surface area contributed by atoms with Gasteiger partial charge in [0.1, 0.15) is 17.8 Å². The predicted molar refractivity (Wildman–Crippen MR) is 100 cm³/mol. The third kappa shape index (κ3) is 4.83. The van der Waals surface area contributed by atoms with Gasteiger partial charge in [-0.15, -0.1) is 0 Å². The van der Waals surface area contributed by atoms with E-state index in [0.717, 1.165) is 30.6 Å². The summed E-state index contributed by atoms with van der Waals surface area (Å²) in [6.07, 6.45) is 5.02. The normalized spacial score (nSPS) is 18.7. The average Bonchev–Trinajstić information content (AvgIpc) is 2.83. The Morgan fingerprint density at radius 3 is 2.38 bits per heavy atom. The van der Waals surface area contributed by atoms with Crippen molar-refractivity contribution >= 4 is 17.8 Å². The molecule has 4 amide bonds. The summed E-state index contributed by atoms with van der Waals surface area (Å²) in [5.41, 5.74) is -0.160. The fourth-order valence-electron chi connectivity index (χ4n) is 3.89. The van der Waals surface area contributed by atoms with Crippen molar-refractivity contribution in [3.63, 3.8) is 0 Å². The number of benzene rings is 1. The van der Waals surface area contributed by atoms with Crippen LogP contribution < -0.4 is 10.1 Å². The molecule has 29 heavy (non-hydrogen) atoms. The first-order valence-corrected chi connectivity index (χ1v) is 9.72. The smallest absolute Gasteiger partial charge is 0.387 e. The van der Waals surface area contributed by atoms with Gasteiger partial charge in [0.15, 0.2) is 0 Å². The number of ether oxygens (including phenoxy) is 1. The zero-order valence-electron chi connectivity index (χ0n) is 16.3. The molecule has 1 aliphatic heterocycles. The van der Waals surface area contributed by atoms with E-state index in [0.29, 0.717) is 18.4 Å². The van der Waals surface area contributed by atoms with Crippen LogP contribution in [0.15, 0.2) is 24.3 Å². The summed E-state index contributed by atoms with van der Waals surface area (Å²) < 4.78 is 28.7. The lowest BCUT2D eigenvalue weighted by atomic mass is 9.90. The number of urea groups is 1. The molecule has 2 fully saturated rings. The highest BCUT2D eigenvalue weighted by atomic mass is 19.3. The molecule has 158 valence electrons. The number of imide groups is 1. The third-order valence-corrected chi connectivity index (χ3v) is 5.49. The monoisotopic (exact) mass is 409 g/mol. The number of carbonyl (C=O) groups is 3. The van der Waals surface area contributed by atoms with Gasteiger partial charge in [0, 0.05) is 13.6 Å². The third-order valence-electron chi connectivity index (χ3n) is 5.49. The number of halogens is 2. The minimum Gasteiger partial charge on any atom is -0.435 e. The number of nitrogens with zero attached hydrogens (tertiary/aromatic N) is 2. The zero-order valence-corrected chi connectivity index (χ0v) is 16.3. The van der Waals surface area contributed by atoms with Crippen molar-refractivity contribution in [1.82, 2.24) is 15.1 Å². The van der Waals surface area contributed by atoms with Gasteiger partial charge in [0.25, 0.3) is 5.91 Å². The molecule has 0 unspecified atom stereocenters. The lowest BCUT2D eigenvalue weighted by molar-refractivity contribution is -0.138. The molecule has 1 aliphatic carbocycles. The van der Waals surface area contributed by atoms with E-state index in [1.165, 1.54) is 17.0 Å². The Morgan fingerprint density at radius 2 is 1.79 bits per heavy atom. The fraction of sp³-hybridized carbons (Fsp3) is 0.550. The number of likely N-dealkylation sites (N-methyl/N-ethyl adjacent to an activating group) is 1. The van der Waals surface area contributed by atoms with Gasteiger partial charge in [-0.05, 0) is 30.5 Å². The van der Waals surface area contributed by atoms with Crippen LogP contribution in [0.4, 0.5) is 13.6 Å². The molecule has 1 N–H and O–H groups in total. The van der Waals surface area contributed by atoms with Gasteiger partial charge in [-0.1, -0.05) is 37.8 Å². The SMILES string of the molecule is CN(Cc1ccc(OC(F)F)cc1)C(=O)CN1C(=O)NC2(CCCCCC2)C1=O. The van der Waals surface area contributed by atoms with Crippen molar-refractivity contribution in [3.05, 3.63) is 29.8 Å². The Balaban J connectivity index is 1.59. The van der Waals surface area contributed by atoms with Gasteiger partial charge in [-0.2, -0.15) is 8.78 Å². The highest BCUT2D eigenvalue weighted by molar-refractivity contribution is 6.09. The molecule has 3 rings (SSSR count). The first kappa shape index (κ1) is 21.0. The highest BCUT2D eigenvalue weighted by Gasteiger charge is 2.51. The summed E-state index contributed by atoms with van der Waals surface area (Å²) >= 11 is 0. The lowest BCUT2D eigenvalue weighted by Crippen LogP contribution is -2.47. The van der Waals surface area contributed by atoms with Crippen molar-refractivity contribution in [3.8, 4) is 5.75 Å². The molecule has 1 spiro atoms. The van der Waals surface area contributed by atoms with E-state index >= 15 is 0 Å². The lowest BCUT2D eigenvalue weighted by Gasteiger charge is -2.25. The minimum atomic E-state index is -2.90. The molecule has 9 heteroatoms. The van der Waals surface area contributed by atoms with Crippen LogP contribution in [0, 0.1) is 0 Å². The predicted octanol–water partition coefficient (Wildman–Crippen LogP) is 2.89. The van der Waals surface area contributed by atoms with Gasteiger partial charge in [-0.25, -0.2) is 4.79 Å². The second-order valence-corrected chi connectivity index (χ2v) is 7.59. The van der Waals surface area contributed by atoms with Crippen molar-refractivity contribution in [1.29, 1.82) is 0 Å². The number of amides is 4. The number of hydrogen-bond acceptors (Lipinski definition) is 4. The maximum absolute atomic E-state index is 12.9. The molecule has 1 heterocycles. The molecule has 0 aromatic heterocycles.